The highest BCUT2D eigenvalue weighted by Crippen LogP contribution is 2.30. The van der Waals surface area contributed by atoms with Crippen molar-refractivity contribution in [1.82, 2.24) is 20.4 Å². The second kappa shape index (κ2) is 7.40. The van der Waals surface area contributed by atoms with E-state index in [0.717, 1.165) is 29.8 Å². The molecule has 3 aliphatic rings. The number of carbonyl (C=O) groups excluding carboxylic acids is 3. The number of benzene rings is 1. The van der Waals surface area contributed by atoms with Gasteiger partial charge in [0.2, 0.25) is 11.8 Å². The van der Waals surface area contributed by atoms with Crippen molar-refractivity contribution in [2.75, 3.05) is 20.1 Å². The molecule has 1 aromatic rings. The average molecular weight is 370 g/mol. The van der Waals surface area contributed by atoms with Crippen LogP contribution in [0.25, 0.3) is 0 Å². The first-order valence-corrected chi connectivity index (χ1v) is 9.70. The quantitative estimate of drug-likeness (QED) is 0.743. The molecule has 4 rings (SSSR count). The molecule has 0 saturated carbocycles. The summed E-state index contributed by atoms with van der Waals surface area (Å²) in [5, 5.41) is 5.86. The molecule has 2 N–H and O–H groups in total. The van der Waals surface area contributed by atoms with Gasteiger partial charge in [-0.25, -0.2) is 0 Å². The van der Waals surface area contributed by atoms with Crippen molar-refractivity contribution in [1.29, 1.82) is 0 Å². The Morgan fingerprint density at radius 3 is 2.81 bits per heavy atom. The number of piperidine rings is 1. The average Bonchev–Trinajstić information content (AvgIpc) is 3.24. The standard InChI is InChI=1S/C20H26N4O3/c1-23(12-15-6-3-9-21-15)10-13-4-2-5-14-11-24(20(27)18(13)14)16-7-8-17(25)22-19(16)26/h2,4-5,15-16,21H,3,6-12H2,1H3,(H,22,25,26)/t15-,16?/m0/s1. The maximum Gasteiger partial charge on any atom is 0.255 e. The molecule has 0 spiro atoms. The van der Waals surface area contributed by atoms with E-state index in [9.17, 15) is 14.4 Å². The van der Waals surface area contributed by atoms with Gasteiger partial charge in [0.15, 0.2) is 0 Å². The maximum atomic E-state index is 13.1. The zero-order valence-corrected chi connectivity index (χ0v) is 15.7. The highest BCUT2D eigenvalue weighted by Gasteiger charge is 2.40. The first-order chi connectivity index (χ1) is 13.0. The summed E-state index contributed by atoms with van der Waals surface area (Å²) in [6.45, 7) is 3.17. The largest absolute Gasteiger partial charge is 0.322 e. The molecule has 27 heavy (non-hydrogen) atoms. The van der Waals surface area contributed by atoms with E-state index < -0.39 is 6.04 Å². The summed E-state index contributed by atoms with van der Waals surface area (Å²) in [5.41, 5.74) is 2.70. The Bertz CT molecular complexity index is 772. The van der Waals surface area contributed by atoms with Crippen LogP contribution >= 0.6 is 0 Å². The third-order valence-corrected chi connectivity index (χ3v) is 5.77. The summed E-state index contributed by atoms with van der Waals surface area (Å²) in [7, 11) is 2.08. The topological polar surface area (TPSA) is 81.8 Å². The van der Waals surface area contributed by atoms with Crippen LogP contribution in [0.2, 0.25) is 0 Å². The summed E-state index contributed by atoms with van der Waals surface area (Å²) < 4.78 is 0. The Morgan fingerprint density at radius 1 is 1.22 bits per heavy atom. The molecule has 0 aliphatic carbocycles. The minimum atomic E-state index is -0.559. The van der Waals surface area contributed by atoms with Gasteiger partial charge >= 0.3 is 0 Å². The van der Waals surface area contributed by atoms with E-state index in [1.807, 2.05) is 18.2 Å². The van der Waals surface area contributed by atoms with Crippen molar-refractivity contribution in [3.05, 3.63) is 34.9 Å². The van der Waals surface area contributed by atoms with Gasteiger partial charge in [-0.15, -0.1) is 0 Å². The van der Waals surface area contributed by atoms with Gasteiger partial charge in [-0.05, 0) is 44.0 Å². The van der Waals surface area contributed by atoms with E-state index in [1.165, 1.54) is 12.8 Å². The molecule has 7 nitrogen and oxygen atoms in total. The third kappa shape index (κ3) is 3.61. The van der Waals surface area contributed by atoms with Crippen LogP contribution in [0.4, 0.5) is 0 Å². The minimum absolute atomic E-state index is 0.0949. The van der Waals surface area contributed by atoms with E-state index in [1.54, 1.807) is 4.90 Å². The molecule has 0 radical (unpaired) electrons. The second-order valence-electron chi connectivity index (χ2n) is 7.84. The Balaban J connectivity index is 1.49. The Labute approximate surface area is 159 Å². The predicted octanol–water partition coefficient (Wildman–Crippen LogP) is 0.631. The highest BCUT2D eigenvalue weighted by molar-refractivity contribution is 6.05. The summed E-state index contributed by atoms with van der Waals surface area (Å²) >= 11 is 0. The zero-order chi connectivity index (χ0) is 19.0. The van der Waals surface area contributed by atoms with Crippen LogP contribution in [0.1, 0.15) is 47.2 Å². The number of imide groups is 1. The van der Waals surface area contributed by atoms with Gasteiger partial charge in [0, 0.05) is 37.7 Å². The van der Waals surface area contributed by atoms with E-state index in [0.29, 0.717) is 25.6 Å². The van der Waals surface area contributed by atoms with Crippen LogP contribution in [-0.2, 0) is 22.7 Å². The molecule has 2 fully saturated rings. The summed E-state index contributed by atoms with van der Waals surface area (Å²) in [6, 6.07) is 5.90. The van der Waals surface area contributed by atoms with Crippen molar-refractivity contribution < 1.29 is 14.4 Å². The van der Waals surface area contributed by atoms with Crippen molar-refractivity contribution in [2.24, 2.45) is 0 Å². The van der Waals surface area contributed by atoms with Crippen LogP contribution < -0.4 is 10.6 Å². The normalized spacial score (nSPS) is 25.3. The first kappa shape index (κ1) is 18.1. The molecule has 1 aromatic carbocycles. The van der Waals surface area contributed by atoms with Gasteiger partial charge < -0.3 is 15.1 Å². The number of hydrogen-bond donors (Lipinski definition) is 2. The van der Waals surface area contributed by atoms with Crippen molar-refractivity contribution in [3.63, 3.8) is 0 Å². The Morgan fingerprint density at radius 2 is 2.07 bits per heavy atom. The molecular weight excluding hydrogens is 344 g/mol. The monoisotopic (exact) mass is 370 g/mol. The molecule has 0 bridgehead atoms. The Hall–Kier alpha value is -2.25. The van der Waals surface area contributed by atoms with Gasteiger partial charge in [-0.1, -0.05) is 18.2 Å². The molecule has 3 amide bonds. The summed E-state index contributed by atoms with van der Waals surface area (Å²) in [6.07, 6.45) is 3.09. The van der Waals surface area contributed by atoms with E-state index in [4.69, 9.17) is 0 Å². The van der Waals surface area contributed by atoms with Crippen molar-refractivity contribution >= 4 is 17.7 Å². The molecular formula is C20H26N4O3. The molecule has 3 heterocycles. The van der Waals surface area contributed by atoms with Gasteiger partial charge in [-0.3, -0.25) is 19.7 Å². The number of hydrogen-bond acceptors (Lipinski definition) is 5. The molecule has 7 heteroatoms. The van der Waals surface area contributed by atoms with Gasteiger partial charge in [0.25, 0.3) is 5.91 Å². The number of fused-ring (bicyclic) bond motifs is 1. The van der Waals surface area contributed by atoms with Gasteiger partial charge in [0.1, 0.15) is 6.04 Å². The van der Waals surface area contributed by atoms with Crippen molar-refractivity contribution in [2.45, 2.75) is 50.9 Å². The molecule has 3 aliphatic heterocycles. The fourth-order valence-corrected chi connectivity index (χ4v) is 4.47. The van der Waals surface area contributed by atoms with E-state index in [-0.39, 0.29) is 24.1 Å². The number of likely N-dealkylation sites (N-methyl/N-ethyl adjacent to an activating group) is 1. The minimum Gasteiger partial charge on any atom is -0.322 e. The molecule has 144 valence electrons. The fourth-order valence-electron chi connectivity index (χ4n) is 4.47. The number of nitrogens with one attached hydrogen (secondary N) is 2. The third-order valence-electron chi connectivity index (χ3n) is 5.77. The summed E-state index contributed by atoms with van der Waals surface area (Å²) in [5.74, 6) is -0.718. The highest BCUT2D eigenvalue weighted by atomic mass is 16.2. The Kier molecular flexibility index (Phi) is 4.97. The second-order valence-corrected chi connectivity index (χ2v) is 7.84. The van der Waals surface area contributed by atoms with Gasteiger partial charge in [-0.2, -0.15) is 0 Å². The van der Waals surface area contributed by atoms with E-state index in [2.05, 4.69) is 22.6 Å². The SMILES string of the molecule is CN(Cc1cccc2c1C(=O)N(C1CCC(=O)NC1=O)C2)C[C@@H]1CCCN1. The molecule has 2 saturated heterocycles. The molecule has 2 atom stereocenters. The fraction of sp³-hybridized carbons (Fsp3) is 0.550. The number of nitrogens with zero attached hydrogens (tertiary/aromatic N) is 2. The smallest absolute Gasteiger partial charge is 0.255 e. The number of amides is 3. The zero-order valence-electron chi connectivity index (χ0n) is 15.7. The molecule has 1 unspecified atom stereocenters. The maximum absolute atomic E-state index is 13.1. The lowest BCUT2D eigenvalue weighted by Gasteiger charge is -2.29. The van der Waals surface area contributed by atoms with E-state index >= 15 is 0 Å². The number of rotatable bonds is 5. The van der Waals surface area contributed by atoms with Crippen molar-refractivity contribution in [3.8, 4) is 0 Å². The predicted molar refractivity (Wildman–Crippen MR) is 99.8 cm³/mol. The first-order valence-electron chi connectivity index (χ1n) is 9.70. The van der Waals surface area contributed by atoms with Crippen LogP contribution in [0.3, 0.4) is 0 Å². The van der Waals surface area contributed by atoms with Gasteiger partial charge in [0.05, 0.1) is 0 Å². The molecule has 0 aromatic heterocycles. The van der Waals surface area contributed by atoms with Crippen LogP contribution in [0.15, 0.2) is 18.2 Å². The lowest BCUT2D eigenvalue weighted by Crippen LogP contribution is -2.52. The number of carbonyl (C=O) groups is 3. The van der Waals surface area contributed by atoms with Crippen LogP contribution in [0.5, 0.6) is 0 Å². The van der Waals surface area contributed by atoms with Crippen LogP contribution in [0, 0.1) is 0 Å². The lowest BCUT2D eigenvalue weighted by atomic mass is 10.0. The lowest BCUT2D eigenvalue weighted by molar-refractivity contribution is -0.136. The van der Waals surface area contributed by atoms with Crippen LogP contribution in [-0.4, -0.2) is 59.7 Å². The summed E-state index contributed by atoms with van der Waals surface area (Å²) in [4.78, 5) is 40.6.